The van der Waals surface area contributed by atoms with Gasteiger partial charge in [0.1, 0.15) is 23.3 Å². The maximum Gasteiger partial charge on any atom is 0.341 e. The molecule has 0 amide bonds. The number of esters is 1. The van der Waals surface area contributed by atoms with E-state index in [1.807, 2.05) is 6.92 Å². The molecule has 0 aromatic carbocycles. The molecule has 0 radical (unpaired) electrons. The number of carbonyl (C=O) groups excluding carboxylic acids is 1. The average molecular weight is 311 g/mol. The minimum atomic E-state index is -0.650. The minimum absolute atomic E-state index is 0.215. The van der Waals surface area contributed by atoms with Crippen LogP contribution in [0.2, 0.25) is 0 Å². The van der Waals surface area contributed by atoms with E-state index in [1.165, 1.54) is 11.8 Å². The van der Waals surface area contributed by atoms with Gasteiger partial charge in [-0.3, -0.25) is 0 Å². The van der Waals surface area contributed by atoms with Crippen molar-refractivity contribution in [1.82, 2.24) is 4.98 Å². The Morgan fingerprint density at radius 2 is 2.29 bits per heavy atom. The number of aliphatic hydroxyl groups is 1. The average Bonchev–Trinajstić information content (AvgIpc) is 3.04. The van der Waals surface area contributed by atoms with Crippen molar-refractivity contribution < 1.29 is 24.1 Å². The molecular formula is C14H17NO5S. The number of rotatable bonds is 4. The second-order valence-corrected chi connectivity index (χ2v) is 6.15. The van der Waals surface area contributed by atoms with Crippen molar-refractivity contribution in [2.24, 2.45) is 0 Å². The van der Waals surface area contributed by atoms with Crippen molar-refractivity contribution in [3.8, 4) is 0 Å². The number of hydrogen-bond acceptors (Lipinski definition) is 7. The lowest BCUT2D eigenvalue weighted by atomic mass is 10.1. The van der Waals surface area contributed by atoms with Gasteiger partial charge in [-0.2, -0.15) is 0 Å². The number of aliphatic hydroxyl groups excluding tert-OH is 1. The van der Waals surface area contributed by atoms with Gasteiger partial charge < -0.3 is 19.3 Å². The van der Waals surface area contributed by atoms with E-state index in [-0.39, 0.29) is 19.3 Å². The van der Waals surface area contributed by atoms with Gasteiger partial charge >= 0.3 is 5.97 Å². The summed E-state index contributed by atoms with van der Waals surface area (Å²) in [6, 6.07) is 3.41. The Morgan fingerprint density at radius 1 is 1.48 bits per heavy atom. The zero-order valence-electron chi connectivity index (χ0n) is 11.6. The number of aromatic nitrogens is 1. The normalized spacial score (nSPS) is 31.1. The number of hydrogen-bond donors (Lipinski definition) is 1. The first-order valence-electron chi connectivity index (χ1n) is 6.90. The molecule has 1 aromatic rings. The van der Waals surface area contributed by atoms with Gasteiger partial charge in [-0.05, 0) is 17.9 Å². The largest absolute Gasteiger partial charge is 0.453 e. The van der Waals surface area contributed by atoms with Crippen LogP contribution in [0.15, 0.2) is 23.4 Å². The van der Waals surface area contributed by atoms with Gasteiger partial charge in [-0.15, -0.1) is 11.8 Å². The summed E-state index contributed by atoms with van der Waals surface area (Å²) in [5.41, 5.74) is 0.450. The van der Waals surface area contributed by atoms with Crippen molar-refractivity contribution in [3.05, 3.63) is 23.9 Å². The molecule has 4 atom stereocenters. The molecule has 1 aromatic heterocycles. The smallest absolute Gasteiger partial charge is 0.341 e. The van der Waals surface area contributed by atoms with Gasteiger partial charge in [-0.1, -0.05) is 6.92 Å². The summed E-state index contributed by atoms with van der Waals surface area (Å²) in [5.74, 6) is 0.391. The minimum Gasteiger partial charge on any atom is -0.453 e. The van der Waals surface area contributed by atoms with E-state index in [9.17, 15) is 9.90 Å². The van der Waals surface area contributed by atoms with Crippen LogP contribution in [-0.2, 0) is 14.2 Å². The Morgan fingerprint density at radius 3 is 3.10 bits per heavy atom. The zero-order chi connectivity index (χ0) is 14.8. The molecule has 2 aliphatic heterocycles. The first-order chi connectivity index (χ1) is 10.2. The zero-order valence-corrected chi connectivity index (χ0v) is 12.4. The SMILES string of the molecule is CCSc1ncccc1C(=O)O[C@H]1CO[C@H]2[C@@H]1OC[C@H]2O. The number of nitrogens with zero attached hydrogens (tertiary/aromatic N) is 1. The summed E-state index contributed by atoms with van der Waals surface area (Å²) >= 11 is 1.49. The topological polar surface area (TPSA) is 77.9 Å². The van der Waals surface area contributed by atoms with Crippen LogP contribution < -0.4 is 0 Å². The van der Waals surface area contributed by atoms with Crippen molar-refractivity contribution in [2.45, 2.75) is 36.4 Å². The highest BCUT2D eigenvalue weighted by Crippen LogP contribution is 2.30. The molecule has 0 bridgehead atoms. The lowest BCUT2D eigenvalue weighted by molar-refractivity contribution is -0.0211. The van der Waals surface area contributed by atoms with Gasteiger partial charge in [0.15, 0.2) is 6.10 Å². The summed E-state index contributed by atoms with van der Waals surface area (Å²) in [6.07, 6.45) is -0.272. The second-order valence-electron chi connectivity index (χ2n) is 4.90. The molecular weight excluding hydrogens is 294 g/mol. The first-order valence-corrected chi connectivity index (χ1v) is 7.89. The van der Waals surface area contributed by atoms with Crippen LogP contribution in [0.25, 0.3) is 0 Å². The van der Waals surface area contributed by atoms with Crippen molar-refractivity contribution in [3.63, 3.8) is 0 Å². The Labute approximate surface area is 126 Å². The molecule has 0 spiro atoms. The number of fused-ring (bicyclic) bond motifs is 1. The molecule has 3 rings (SSSR count). The summed E-state index contributed by atoms with van der Waals surface area (Å²) in [5, 5.41) is 10.3. The summed E-state index contributed by atoms with van der Waals surface area (Å²) in [4.78, 5) is 16.5. The second kappa shape index (κ2) is 6.31. The highest BCUT2D eigenvalue weighted by molar-refractivity contribution is 7.99. The van der Waals surface area contributed by atoms with Crippen LogP contribution in [0.1, 0.15) is 17.3 Å². The third-order valence-corrected chi connectivity index (χ3v) is 4.40. The van der Waals surface area contributed by atoms with Crippen LogP contribution in [0.4, 0.5) is 0 Å². The maximum atomic E-state index is 12.3. The van der Waals surface area contributed by atoms with Crippen molar-refractivity contribution >= 4 is 17.7 Å². The monoisotopic (exact) mass is 311 g/mol. The molecule has 114 valence electrons. The fourth-order valence-corrected chi connectivity index (χ4v) is 3.26. The van der Waals surface area contributed by atoms with E-state index in [1.54, 1.807) is 18.3 Å². The van der Waals surface area contributed by atoms with Crippen LogP contribution in [0.3, 0.4) is 0 Å². The molecule has 7 heteroatoms. The highest BCUT2D eigenvalue weighted by atomic mass is 32.2. The third kappa shape index (κ3) is 2.91. The third-order valence-electron chi connectivity index (χ3n) is 3.51. The Hall–Kier alpha value is -1.15. The molecule has 0 unspecified atom stereocenters. The summed E-state index contributed by atoms with van der Waals surface area (Å²) in [7, 11) is 0. The molecule has 0 aliphatic carbocycles. The molecule has 1 N–H and O–H groups in total. The highest BCUT2D eigenvalue weighted by Gasteiger charge is 2.49. The van der Waals surface area contributed by atoms with Crippen LogP contribution >= 0.6 is 11.8 Å². The molecule has 3 heterocycles. The van der Waals surface area contributed by atoms with E-state index in [0.29, 0.717) is 10.6 Å². The van der Waals surface area contributed by atoms with E-state index < -0.39 is 24.3 Å². The molecule has 6 nitrogen and oxygen atoms in total. The van der Waals surface area contributed by atoms with E-state index in [2.05, 4.69) is 4.98 Å². The van der Waals surface area contributed by atoms with Crippen LogP contribution in [0.5, 0.6) is 0 Å². The van der Waals surface area contributed by atoms with Crippen molar-refractivity contribution in [2.75, 3.05) is 19.0 Å². The van der Waals surface area contributed by atoms with Crippen LogP contribution in [-0.4, -0.2) is 59.4 Å². The van der Waals surface area contributed by atoms with Gasteiger partial charge in [0.25, 0.3) is 0 Å². The predicted molar refractivity (Wildman–Crippen MR) is 75.3 cm³/mol. The quantitative estimate of drug-likeness (QED) is 0.653. The number of pyridine rings is 1. The van der Waals surface area contributed by atoms with E-state index >= 15 is 0 Å². The molecule has 2 aliphatic rings. The summed E-state index contributed by atoms with van der Waals surface area (Å²) < 4.78 is 16.4. The maximum absolute atomic E-state index is 12.3. The van der Waals surface area contributed by atoms with Gasteiger partial charge in [-0.25, -0.2) is 9.78 Å². The summed E-state index contributed by atoms with van der Waals surface area (Å²) in [6.45, 7) is 2.46. The fraction of sp³-hybridized carbons (Fsp3) is 0.571. The van der Waals surface area contributed by atoms with Gasteiger partial charge in [0.05, 0.1) is 18.8 Å². The molecule has 21 heavy (non-hydrogen) atoms. The van der Waals surface area contributed by atoms with E-state index in [4.69, 9.17) is 14.2 Å². The van der Waals surface area contributed by atoms with Gasteiger partial charge in [0, 0.05) is 6.20 Å². The molecule has 2 saturated heterocycles. The molecule has 2 fully saturated rings. The van der Waals surface area contributed by atoms with E-state index in [0.717, 1.165) is 5.75 Å². The molecule has 0 saturated carbocycles. The fourth-order valence-electron chi connectivity index (χ4n) is 2.54. The lowest BCUT2D eigenvalue weighted by Gasteiger charge is -2.17. The van der Waals surface area contributed by atoms with Crippen molar-refractivity contribution in [1.29, 1.82) is 0 Å². The predicted octanol–water partition coefficient (Wildman–Crippen LogP) is 0.877. The number of thioether (sulfide) groups is 1. The Bertz CT molecular complexity index is 526. The first kappa shape index (κ1) is 14.8. The standard InChI is InChI=1S/C14H17NO5S/c1-2-21-13-8(4-3-5-15-13)14(17)20-10-7-19-11-9(16)6-18-12(10)11/h3-5,9-12,16H,2,6-7H2,1H3/t9-,10+,11-,12-/m1/s1. The number of ether oxygens (including phenoxy) is 3. The van der Waals surface area contributed by atoms with Gasteiger partial charge in [0.2, 0.25) is 0 Å². The lowest BCUT2D eigenvalue weighted by Crippen LogP contribution is -2.34. The number of carbonyl (C=O) groups is 1. The van der Waals surface area contributed by atoms with Crippen LogP contribution in [0, 0.1) is 0 Å². The Balaban J connectivity index is 1.70. The Kier molecular flexibility index (Phi) is 4.44.